The third-order valence-corrected chi connectivity index (χ3v) is 4.87. The first-order valence-corrected chi connectivity index (χ1v) is 7.69. The van der Waals surface area contributed by atoms with E-state index >= 15 is 0 Å². The maximum absolute atomic E-state index is 10.9. The van der Waals surface area contributed by atoms with Gasteiger partial charge in [0.25, 0.3) is 0 Å². The van der Waals surface area contributed by atoms with E-state index in [1.54, 1.807) is 12.1 Å². The van der Waals surface area contributed by atoms with Crippen LogP contribution < -0.4 is 0 Å². The Morgan fingerprint density at radius 2 is 1.65 bits per heavy atom. The monoisotopic (exact) mass is 288 g/mol. The van der Waals surface area contributed by atoms with Crippen molar-refractivity contribution in [3.05, 3.63) is 46.3 Å². The fraction of sp³-hybridized carbons (Fsp3) is 0.353. The highest BCUT2D eigenvalue weighted by atomic mass is 32.1. The van der Waals surface area contributed by atoms with E-state index in [9.17, 15) is 4.79 Å². The second-order valence-electron chi connectivity index (χ2n) is 5.63. The van der Waals surface area contributed by atoms with Gasteiger partial charge in [-0.1, -0.05) is 39.8 Å². The predicted octanol–water partition coefficient (Wildman–Crippen LogP) is 5.36. The smallest absolute Gasteiger partial charge is 0.335 e. The number of hydrogen-bond acceptors (Lipinski definition) is 2. The summed E-state index contributed by atoms with van der Waals surface area (Å²) in [5, 5.41) is 8.97. The number of carboxylic acid groups (broad SMARTS) is 1. The van der Waals surface area contributed by atoms with Gasteiger partial charge in [-0.25, -0.2) is 4.79 Å². The van der Waals surface area contributed by atoms with Gasteiger partial charge in [0.05, 0.1) is 5.56 Å². The minimum atomic E-state index is -0.880. The van der Waals surface area contributed by atoms with E-state index in [4.69, 9.17) is 5.11 Å². The van der Waals surface area contributed by atoms with Gasteiger partial charge < -0.3 is 5.11 Å². The standard InChI is InChI=1S/C17H20O2S/c1-10(2)14-9-15(11(3)4)20-16(14)12-5-7-13(8-6-12)17(18)19/h5-11H,1-4H3,(H,18,19). The number of thiophene rings is 1. The Bertz CT molecular complexity index is 606. The predicted molar refractivity (Wildman–Crippen MR) is 84.9 cm³/mol. The molecule has 0 aliphatic heterocycles. The van der Waals surface area contributed by atoms with Crippen LogP contribution in [0.15, 0.2) is 30.3 Å². The molecule has 0 radical (unpaired) electrons. The van der Waals surface area contributed by atoms with Crippen LogP contribution in [0.3, 0.4) is 0 Å². The summed E-state index contributed by atoms with van der Waals surface area (Å²) in [5.74, 6) is 0.104. The molecule has 1 heterocycles. The van der Waals surface area contributed by atoms with E-state index in [1.807, 2.05) is 23.5 Å². The fourth-order valence-electron chi connectivity index (χ4n) is 2.13. The van der Waals surface area contributed by atoms with Gasteiger partial charge in [0.2, 0.25) is 0 Å². The topological polar surface area (TPSA) is 37.3 Å². The van der Waals surface area contributed by atoms with E-state index in [2.05, 4.69) is 33.8 Å². The summed E-state index contributed by atoms with van der Waals surface area (Å²) in [6.07, 6.45) is 0. The molecule has 1 aromatic heterocycles. The molecule has 3 heteroatoms. The maximum Gasteiger partial charge on any atom is 0.335 e. The highest BCUT2D eigenvalue weighted by Gasteiger charge is 2.15. The first-order chi connectivity index (χ1) is 9.40. The second-order valence-corrected chi connectivity index (χ2v) is 6.71. The van der Waals surface area contributed by atoms with E-state index in [1.165, 1.54) is 15.3 Å². The number of carboxylic acids is 1. The highest BCUT2D eigenvalue weighted by molar-refractivity contribution is 7.15. The lowest BCUT2D eigenvalue weighted by Gasteiger charge is -2.07. The number of rotatable bonds is 4. The number of carbonyl (C=O) groups is 1. The largest absolute Gasteiger partial charge is 0.478 e. The third kappa shape index (κ3) is 2.93. The van der Waals surface area contributed by atoms with E-state index in [0.29, 0.717) is 17.4 Å². The Hall–Kier alpha value is -1.61. The molecule has 1 N–H and O–H groups in total. The van der Waals surface area contributed by atoms with Crippen molar-refractivity contribution in [3.8, 4) is 10.4 Å². The Labute approximate surface area is 124 Å². The van der Waals surface area contributed by atoms with Gasteiger partial charge in [-0.05, 0) is 41.2 Å². The van der Waals surface area contributed by atoms with Gasteiger partial charge in [0.15, 0.2) is 0 Å². The van der Waals surface area contributed by atoms with Gasteiger partial charge in [-0.3, -0.25) is 0 Å². The van der Waals surface area contributed by atoms with Gasteiger partial charge in [-0.2, -0.15) is 0 Å². The molecule has 106 valence electrons. The molecule has 0 amide bonds. The summed E-state index contributed by atoms with van der Waals surface area (Å²) in [6.45, 7) is 8.79. The van der Waals surface area contributed by atoms with Crippen LogP contribution >= 0.6 is 11.3 Å². The lowest BCUT2D eigenvalue weighted by atomic mass is 9.98. The zero-order chi connectivity index (χ0) is 14.9. The normalized spacial score (nSPS) is 11.3. The van der Waals surface area contributed by atoms with Crippen molar-refractivity contribution in [2.75, 3.05) is 0 Å². The van der Waals surface area contributed by atoms with Crippen LogP contribution in [0.5, 0.6) is 0 Å². The van der Waals surface area contributed by atoms with Crippen molar-refractivity contribution >= 4 is 17.3 Å². The lowest BCUT2D eigenvalue weighted by molar-refractivity contribution is 0.0697. The Morgan fingerprint density at radius 3 is 2.10 bits per heavy atom. The quantitative estimate of drug-likeness (QED) is 0.822. The summed E-state index contributed by atoms with van der Waals surface area (Å²) in [4.78, 5) is 13.6. The summed E-state index contributed by atoms with van der Waals surface area (Å²) in [6, 6.07) is 9.46. The van der Waals surface area contributed by atoms with Crippen LogP contribution in [0.1, 0.15) is 60.3 Å². The molecule has 0 fully saturated rings. The van der Waals surface area contributed by atoms with Gasteiger partial charge in [-0.15, -0.1) is 11.3 Å². The first kappa shape index (κ1) is 14.8. The molecule has 2 rings (SSSR count). The number of benzene rings is 1. The molecule has 0 aliphatic carbocycles. The highest BCUT2D eigenvalue weighted by Crippen LogP contribution is 2.39. The minimum absolute atomic E-state index is 0.334. The molecule has 0 saturated heterocycles. The van der Waals surface area contributed by atoms with E-state index in [0.717, 1.165) is 5.56 Å². The molecule has 0 aliphatic rings. The van der Waals surface area contributed by atoms with Crippen molar-refractivity contribution in [2.45, 2.75) is 39.5 Å². The maximum atomic E-state index is 10.9. The molecular weight excluding hydrogens is 268 g/mol. The summed E-state index contributed by atoms with van der Waals surface area (Å²) >= 11 is 1.82. The SMILES string of the molecule is CC(C)c1cc(C(C)C)c(-c2ccc(C(=O)O)cc2)s1. The van der Waals surface area contributed by atoms with Crippen molar-refractivity contribution in [3.63, 3.8) is 0 Å². The van der Waals surface area contributed by atoms with Gasteiger partial charge in [0.1, 0.15) is 0 Å². The van der Waals surface area contributed by atoms with Crippen LogP contribution in [-0.4, -0.2) is 11.1 Å². The average molecular weight is 288 g/mol. The molecule has 0 saturated carbocycles. The Balaban J connectivity index is 2.47. The third-order valence-electron chi connectivity index (χ3n) is 3.36. The molecule has 2 nitrogen and oxygen atoms in total. The summed E-state index contributed by atoms with van der Waals surface area (Å²) in [5.41, 5.74) is 2.79. The fourth-order valence-corrected chi connectivity index (χ4v) is 3.45. The molecule has 0 spiro atoms. The zero-order valence-electron chi connectivity index (χ0n) is 12.3. The van der Waals surface area contributed by atoms with Crippen molar-refractivity contribution in [1.82, 2.24) is 0 Å². The minimum Gasteiger partial charge on any atom is -0.478 e. The zero-order valence-corrected chi connectivity index (χ0v) is 13.1. The summed E-state index contributed by atoms with van der Waals surface area (Å²) in [7, 11) is 0. The van der Waals surface area contributed by atoms with Crippen molar-refractivity contribution in [1.29, 1.82) is 0 Å². The Morgan fingerprint density at radius 1 is 1.05 bits per heavy atom. The molecule has 1 aromatic carbocycles. The second kappa shape index (κ2) is 5.80. The molecule has 0 atom stereocenters. The van der Waals surface area contributed by atoms with Gasteiger partial charge >= 0.3 is 5.97 Å². The lowest BCUT2D eigenvalue weighted by Crippen LogP contribution is -1.95. The average Bonchev–Trinajstić information content (AvgIpc) is 2.84. The van der Waals surface area contributed by atoms with Crippen molar-refractivity contribution < 1.29 is 9.90 Å². The number of hydrogen-bond donors (Lipinski definition) is 1. The van der Waals surface area contributed by atoms with E-state index in [-0.39, 0.29) is 0 Å². The van der Waals surface area contributed by atoms with Crippen LogP contribution in [-0.2, 0) is 0 Å². The molecule has 0 unspecified atom stereocenters. The van der Waals surface area contributed by atoms with Crippen LogP contribution in [0.2, 0.25) is 0 Å². The molecular formula is C17H20O2S. The van der Waals surface area contributed by atoms with Crippen LogP contribution in [0.4, 0.5) is 0 Å². The first-order valence-electron chi connectivity index (χ1n) is 6.87. The van der Waals surface area contributed by atoms with E-state index < -0.39 is 5.97 Å². The molecule has 2 aromatic rings. The number of aromatic carboxylic acids is 1. The van der Waals surface area contributed by atoms with Crippen LogP contribution in [0.25, 0.3) is 10.4 Å². The molecule has 0 bridgehead atoms. The van der Waals surface area contributed by atoms with Crippen molar-refractivity contribution in [2.24, 2.45) is 0 Å². The summed E-state index contributed by atoms with van der Waals surface area (Å²) < 4.78 is 0. The van der Waals surface area contributed by atoms with Crippen LogP contribution in [0, 0.1) is 0 Å². The van der Waals surface area contributed by atoms with Gasteiger partial charge in [0, 0.05) is 9.75 Å². The molecule has 20 heavy (non-hydrogen) atoms. The Kier molecular flexibility index (Phi) is 4.29.